The van der Waals surface area contributed by atoms with Crippen LogP contribution in [0.15, 0.2) is 60.7 Å². The van der Waals surface area contributed by atoms with Gasteiger partial charge in [-0.2, -0.15) is 8.78 Å². The van der Waals surface area contributed by atoms with E-state index in [1.807, 2.05) is 0 Å². The third kappa shape index (κ3) is 6.71. The molecule has 3 aromatic carbocycles. The van der Waals surface area contributed by atoms with Crippen LogP contribution < -0.4 is 10.1 Å². The highest BCUT2D eigenvalue weighted by Gasteiger charge is 2.42. The van der Waals surface area contributed by atoms with Crippen molar-refractivity contribution in [3.05, 3.63) is 93.2 Å². The van der Waals surface area contributed by atoms with Gasteiger partial charge < -0.3 is 19.5 Å². The molecule has 212 valence electrons. The van der Waals surface area contributed by atoms with E-state index in [-0.39, 0.29) is 24.5 Å². The Bertz CT molecular complexity index is 1380. The Balaban J connectivity index is 1.44. The number of carbonyl (C=O) groups is 2. The van der Waals surface area contributed by atoms with Crippen LogP contribution in [0, 0.1) is 5.82 Å². The number of carbonyl (C=O) groups excluding carboxylic acids is 2. The van der Waals surface area contributed by atoms with E-state index in [0.29, 0.717) is 47.2 Å². The molecule has 1 aliphatic rings. The second-order valence-electron chi connectivity index (χ2n) is 9.19. The average Bonchev–Trinajstić information content (AvgIpc) is 2.91. The molecular weight excluding hydrogens is 570 g/mol. The van der Waals surface area contributed by atoms with Gasteiger partial charge in [0.15, 0.2) is 11.6 Å². The van der Waals surface area contributed by atoms with Crippen LogP contribution in [0.1, 0.15) is 36.5 Å². The zero-order valence-corrected chi connectivity index (χ0v) is 23.0. The number of hydrogen-bond donors (Lipinski definition) is 1. The molecular formula is C29H26Cl2F3NO5. The molecule has 0 aliphatic carbocycles. The van der Waals surface area contributed by atoms with Crippen LogP contribution in [0.5, 0.6) is 5.75 Å². The highest BCUT2D eigenvalue weighted by Crippen LogP contribution is 2.42. The molecule has 0 unspecified atom stereocenters. The minimum absolute atomic E-state index is 0.0240. The molecule has 1 heterocycles. The van der Waals surface area contributed by atoms with E-state index in [4.69, 9.17) is 32.7 Å². The first-order chi connectivity index (χ1) is 19.0. The van der Waals surface area contributed by atoms with E-state index in [0.717, 1.165) is 18.2 Å². The molecule has 0 atom stereocenters. The normalized spacial score (nSPS) is 14.8. The summed E-state index contributed by atoms with van der Waals surface area (Å²) in [5, 5.41) is 3.45. The van der Waals surface area contributed by atoms with E-state index in [1.54, 1.807) is 18.2 Å². The van der Waals surface area contributed by atoms with Gasteiger partial charge in [0.2, 0.25) is 5.91 Å². The van der Waals surface area contributed by atoms with Gasteiger partial charge in [-0.05, 0) is 36.8 Å². The van der Waals surface area contributed by atoms with Crippen LogP contribution in [0.3, 0.4) is 0 Å². The first-order valence-corrected chi connectivity index (χ1v) is 13.3. The highest BCUT2D eigenvalue weighted by atomic mass is 35.5. The van der Waals surface area contributed by atoms with E-state index < -0.39 is 34.8 Å². The second kappa shape index (κ2) is 12.5. The monoisotopic (exact) mass is 595 g/mol. The van der Waals surface area contributed by atoms with Crippen molar-refractivity contribution in [3.63, 3.8) is 0 Å². The number of anilines is 1. The number of amides is 1. The Morgan fingerprint density at radius 3 is 2.35 bits per heavy atom. The van der Waals surface area contributed by atoms with Crippen LogP contribution in [0.25, 0.3) is 0 Å². The van der Waals surface area contributed by atoms with Crippen molar-refractivity contribution >= 4 is 40.8 Å². The average molecular weight is 596 g/mol. The smallest absolute Gasteiger partial charge is 0.381 e. The molecule has 1 saturated heterocycles. The van der Waals surface area contributed by atoms with Gasteiger partial charge in [-0.3, -0.25) is 4.79 Å². The molecule has 0 bridgehead atoms. The maximum atomic E-state index is 15.1. The summed E-state index contributed by atoms with van der Waals surface area (Å²) in [5.74, 6) is -6.66. The summed E-state index contributed by atoms with van der Waals surface area (Å²) in [6, 6.07) is 13.8. The topological polar surface area (TPSA) is 73.9 Å². The van der Waals surface area contributed by atoms with Gasteiger partial charge in [0.1, 0.15) is 5.60 Å². The van der Waals surface area contributed by atoms with Crippen LogP contribution in [0.2, 0.25) is 10.0 Å². The van der Waals surface area contributed by atoms with Crippen molar-refractivity contribution < 1.29 is 37.0 Å². The molecule has 40 heavy (non-hydrogen) atoms. The summed E-state index contributed by atoms with van der Waals surface area (Å²) in [6.45, 7) is 2.06. The molecule has 0 spiro atoms. The predicted molar refractivity (Wildman–Crippen MR) is 145 cm³/mol. The quantitative estimate of drug-likeness (QED) is 0.268. The number of hydrogen-bond acceptors (Lipinski definition) is 5. The molecule has 1 N–H and O–H groups in total. The van der Waals surface area contributed by atoms with Crippen molar-refractivity contribution in [1.82, 2.24) is 0 Å². The van der Waals surface area contributed by atoms with Gasteiger partial charge in [0.25, 0.3) is 0 Å². The first-order valence-electron chi connectivity index (χ1n) is 12.5. The minimum atomic E-state index is -3.81. The van der Waals surface area contributed by atoms with Gasteiger partial charge in [-0.25, -0.2) is 9.18 Å². The Kier molecular flexibility index (Phi) is 9.28. The third-order valence-corrected chi connectivity index (χ3v) is 7.00. The zero-order valence-electron chi connectivity index (χ0n) is 21.4. The summed E-state index contributed by atoms with van der Waals surface area (Å²) in [7, 11) is 0. The third-order valence-electron chi connectivity index (χ3n) is 6.46. The summed E-state index contributed by atoms with van der Waals surface area (Å²) in [4.78, 5) is 24.1. The van der Waals surface area contributed by atoms with E-state index in [9.17, 15) is 18.4 Å². The second-order valence-corrected chi connectivity index (χ2v) is 10.0. The van der Waals surface area contributed by atoms with Crippen LogP contribution >= 0.6 is 23.2 Å². The molecule has 3 aromatic rings. The van der Waals surface area contributed by atoms with Gasteiger partial charge in [-0.1, -0.05) is 53.5 Å². The number of halogens is 5. The molecule has 0 radical (unpaired) electrons. The zero-order chi connectivity index (χ0) is 28.9. The lowest BCUT2D eigenvalue weighted by molar-refractivity contribution is -0.173. The molecule has 1 aliphatic heterocycles. The molecule has 1 fully saturated rings. The number of rotatable bonds is 9. The lowest BCUT2D eigenvalue weighted by Crippen LogP contribution is -2.39. The molecule has 0 saturated carbocycles. The Labute approximate surface area is 239 Å². The van der Waals surface area contributed by atoms with Crippen molar-refractivity contribution in [1.29, 1.82) is 0 Å². The van der Waals surface area contributed by atoms with Crippen molar-refractivity contribution in [2.75, 3.05) is 25.1 Å². The fourth-order valence-corrected chi connectivity index (χ4v) is 5.00. The predicted octanol–water partition coefficient (Wildman–Crippen LogP) is 7.05. The molecule has 4 rings (SSSR count). The van der Waals surface area contributed by atoms with E-state index >= 15 is 4.39 Å². The van der Waals surface area contributed by atoms with Gasteiger partial charge >= 0.3 is 11.9 Å². The van der Waals surface area contributed by atoms with Gasteiger partial charge in [-0.15, -0.1) is 0 Å². The fraction of sp³-hybridized carbons (Fsp3) is 0.310. The number of nitrogens with one attached hydrogen (secondary N) is 1. The first kappa shape index (κ1) is 29.7. The molecule has 1 amide bonds. The van der Waals surface area contributed by atoms with Crippen molar-refractivity contribution in [3.8, 4) is 5.75 Å². The van der Waals surface area contributed by atoms with E-state index in [1.165, 1.54) is 31.2 Å². The Morgan fingerprint density at radius 1 is 1.02 bits per heavy atom. The SMILES string of the molecule is CCOC(=O)C(F)(F)c1ccc(CC(=O)Nc2ccc(OC3(c4ccc(Cl)cc4Cl)CCOCC3)c(F)c2)cc1. The van der Waals surface area contributed by atoms with Crippen molar-refractivity contribution in [2.24, 2.45) is 0 Å². The van der Waals surface area contributed by atoms with Crippen LogP contribution in [-0.4, -0.2) is 31.7 Å². The lowest BCUT2D eigenvalue weighted by atomic mass is 9.86. The number of esters is 1. The molecule has 6 nitrogen and oxygen atoms in total. The maximum Gasteiger partial charge on any atom is 0.381 e. The van der Waals surface area contributed by atoms with Gasteiger partial charge in [0, 0.05) is 45.8 Å². The Hall–Kier alpha value is -3.27. The summed E-state index contributed by atoms with van der Waals surface area (Å²) < 4.78 is 59.6. The van der Waals surface area contributed by atoms with Crippen molar-refractivity contribution in [2.45, 2.75) is 37.7 Å². The summed E-state index contributed by atoms with van der Waals surface area (Å²) in [5.41, 5.74) is -0.199. The molecule has 0 aromatic heterocycles. The highest BCUT2D eigenvalue weighted by molar-refractivity contribution is 6.35. The number of ether oxygens (including phenoxy) is 3. The summed E-state index contributed by atoms with van der Waals surface area (Å²) in [6.07, 6.45) is 0.719. The van der Waals surface area contributed by atoms with E-state index in [2.05, 4.69) is 10.1 Å². The van der Waals surface area contributed by atoms with Crippen LogP contribution in [0.4, 0.5) is 18.9 Å². The Morgan fingerprint density at radius 2 is 1.73 bits per heavy atom. The summed E-state index contributed by atoms with van der Waals surface area (Å²) >= 11 is 12.5. The fourth-order valence-electron chi connectivity index (χ4n) is 4.42. The number of benzene rings is 3. The largest absolute Gasteiger partial charge is 0.479 e. The standard InChI is InChI=1S/C29H26Cl2F3NO5/c1-2-39-27(37)29(33,34)19-5-3-18(4-6-19)15-26(36)35-21-8-10-25(24(32)17-21)40-28(11-13-38-14-12-28)22-9-7-20(30)16-23(22)31/h3-10,16-17H,2,11-15H2,1H3,(H,35,36). The van der Waals surface area contributed by atoms with Crippen LogP contribution in [-0.2, 0) is 37.0 Å². The maximum absolute atomic E-state index is 15.1. The lowest BCUT2D eigenvalue weighted by Gasteiger charge is -2.38. The molecule has 11 heteroatoms. The number of alkyl halides is 2. The van der Waals surface area contributed by atoms with Gasteiger partial charge in [0.05, 0.1) is 26.2 Å². The minimum Gasteiger partial charge on any atom is -0.479 e.